The van der Waals surface area contributed by atoms with Crippen molar-refractivity contribution in [3.8, 4) is 0 Å². The van der Waals surface area contributed by atoms with Crippen LogP contribution in [0.2, 0.25) is 0 Å². The first-order valence-corrected chi connectivity index (χ1v) is 12.1. The molecule has 0 aliphatic carbocycles. The average Bonchev–Trinajstić information content (AvgIpc) is 2.77. The van der Waals surface area contributed by atoms with Crippen LogP contribution in [0.3, 0.4) is 0 Å². The maximum atomic E-state index is 12.9. The van der Waals surface area contributed by atoms with Crippen molar-refractivity contribution >= 4 is 21.8 Å². The van der Waals surface area contributed by atoms with Crippen LogP contribution < -0.4 is 5.32 Å². The third kappa shape index (κ3) is 6.99. The molecule has 1 aromatic carbocycles. The molecule has 0 spiro atoms. The molecule has 1 saturated heterocycles. The van der Waals surface area contributed by atoms with Gasteiger partial charge in [-0.1, -0.05) is 19.9 Å². The number of nitrogens with zero attached hydrogens (tertiary/aromatic N) is 3. The zero-order valence-corrected chi connectivity index (χ0v) is 19.5. The van der Waals surface area contributed by atoms with Crippen LogP contribution in [0.15, 0.2) is 29.2 Å². The van der Waals surface area contributed by atoms with Gasteiger partial charge in [0.2, 0.25) is 15.9 Å². The topological polar surface area (TPSA) is 99.3 Å². The first-order valence-electron chi connectivity index (χ1n) is 10.7. The number of ether oxygens (including phenoxy) is 1. The highest BCUT2D eigenvalue weighted by Crippen LogP contribution is 2.18. The maximum absolute atomic E-state index is 12.9. The van der Waals surface area contributed by atoms with Crippen LogP contribution in [-0.2, 0) is 19.6 Å². The molecular formula is C21H34N4O5S. The Morgan fingerprint density at radius 3 is 2.42 bits per heavy atom. The summed E-state index contributed by atoms with van der Waals surface area (Å²) in [6.07, 6.45) is 0.771. The molecule has 0 saturated carbocycles. The van der Waals surface area contributed by atoms with E-state index in [1.54, 1.807) is 38.0 Å². The number of methoxy groups -OCH3 is 1. The molecule has 0 aromatic heterocycles. The molecule has 1 aromatic rings. The predicted molar refractivity (Wildman–Crippen MR) is 118 cm³/mol. The number of hydrogen-bond acceptors (Lipinski definition) is 6. The Hall–Kier alpha value is -2.01. The Balaban J connectivity index is 1.92. The summed E-state index contributed by atoms with van der Waals surface area (Å²) in [5.41, 5.74) is 0.359. The Morgan fingerprint density at radius 1 is 1.13 bits per heavy atom. The molecule has 2 rings (SSSR count). The van der Waals surface area contributed by atoms with E-state index in [1.807, 2.05) is 4.90 Å². The van der Waals surface area contributed by atoms with Crippen LogP contribution in [-0.4, -0.2) is 100 Å². The zero-order chi connectivity index (χ0) is 22.9. The van der Waals surface area contributed by atoms with E-state index in [2.05, 4.69) is 5.32 Å². The molecule has 0 unspecified atom stereocenters. The number of carbonyl (C=O) groups is 2. The molecule has 0 radical (unpaired) electrons. The first-order chi connectivity index (χ1) is 14.8. The smallest absolute Gasteiger partial charge is 0.253 e. The maximum Gasteiger partial charge on any atom is 0.253 e. The van der Waals surface area contributed by atoms with Gasteiger partial charge in [-0.15, -0.1) is 0 Å². The van der Waals surface area contributed by atoms with Gasteiger partial charge in [0.25, 0.3) is 5.91 Å². The number of piperazine rings is 1. The highest BCUT2D eigenvalue weighted by Gasteiger charge is 2.26. The molecule has 0 bridgehead atoms. The van der Waals surface area contributed by atoms with Crippen molar-refractivity contribution in [2.45, 2.75) is 25.2 Å². The number of hydrogen-bond donors (Lipinski definition) is 1. The first kappa shape index (κ1) is 25.3. The van der Waals surface area contributed by atoms with Crippen LogP contribution in [0, 0.1) is 0 Å². The van der Waals surface area contributed by atoms with Gasteiger partial charge in [0.1, 0.15) is 0 Å². The number of carbonyl (C=O) groups excluding carboxylic acids is 2. The van der Waals surface area contributed by atoms with E-state index in [4.69, 9.17) is 4.74 Å². The van der Waals surface area contributed by atoms with Gasteiger partial charge in [-0.05, 0) is 24.6 Å². The van der Waals surface area contributed by atoms with Crippen molar-refractivity contribution in [2.75, 3.05) is 66.1 Å². The summed E-state index contributed by atoms with van der Waals surface area (Å²) in [5.74, 6) is -0.231. The normalized spacial score (nSPS) is 15.3. The van der Waals surface area contributed by atoms with Gasteiger partial charge in [-0.3, -0.25) is 14.5 Å². The van der Waals surface area contributed by atoms with Gasteiger partial charge in [-0.2, -0.15) is 4.31 Å². The van der Waals surface area contributed by atoms with Gasteiger partial charge in [0.05, 0.1) is 11.4 Å². The molecule has 1 N–H and O–H groups in total. The van der Waals surface area contributed by atoms with E-state index in [1.165, 1.54) is 16.4 Å². The van der Waals surface area contributed by atoms with E-state index in [0.717, 1.165) is 6.42 Å². The molecule has 2 amide bonds. The number of sulfonamides is 1. The lowest BCUT2D eigenvalue weighted by Gasteiger charge is -2.34. The Labute approximate surface area is 185 Å². The van der Waals surface area contributed by atoms with Crippen LogP contribution in [0.25, 0.3) is 0 Å². The second-order valence-corrected chi connectivity index (χ2v) is 9.32. The quantitative estimate of drug-likeness (QED) is 0.493. The van der Waals surface area contributed by atoms with E-state index >= 15 is 0 Å². The summed E-state index contributed by atoms with van der Waals surface area (Å²) in [6.45, 7) is 7.97. The summed E-state index contributed by atoms with van der Waals surface area (Å²) in [6, 6.07) is 6.22. The predicted octanol–water partition coefficient (Wildman–Crippen LogP) is 0.628. The van der Waals surface area contributed by atoms with E-state index in [0.29, 0.717) is 64.5 Å². The van der Waals surface area contributed by atoms with Gasteiger partial charge in [-0.25, -0.2) is 8.42 Å². The minimum absolute atomic E-state index is 0.0369. The van der Waals surface area contributed by atoms with Crippen molar-refractivity contribution in [1.82, 2.24) is 19.4 Å². The molecular weight excluding hydrogens is 420 g/mol. The van der Waals surface area contributed by atoms with Crippen LogP contribution in [0.1, 0.15) is 30.6 Å². The molecule has 10 heteroatoms. The third-order valence-electron chi connectivity index (χ3n) is 5.30. The van der Waals surface area contributed by atoms with Gasteiger partial charge < -0.3 is 15.0 Å². The van der Waals surface area contributed by atoms with E-state index in [9.17, 15) is 18.0 Å². The number of nitrogens with one attached hydrogen (secondary N) is 1. The highest BCUT2D eigenvalue weighted by atomic mass is 32.2. The summed E-state index contributed by atoms with van der Waals surface area (Å²) in [4.78, 5) is 28.8. The largest absolute Gasteiger partial charge is 0.385 e. The van der Waals surface area contributed by atoms with Crippen molar-refractivity contribution in [2.24, 2.45) is 0 Å². The second-order valence-electron chi connectivity index (χ2n) is 7.38. The Kier molecular flexibility index (Phi) is 9.89. The summed E-state index contributed by atoms with van der Waals surface area (Å²) in [7, 11) is -1.99. The molecule has 1 fully saturated rings. The van der Waals surface area contributed by atoms with Gasteiger partial charge in [0, 0.05) is 65.1 Å². The Bertz CT molecular complexity index is 834. The van der Waals surface area contributed by atoms with Crippen molar-refractivity contribution in [1.29, 1.82) is 0 Å². The average molecular weight is 455 g/mol. The lowest BCUT2D eigenvalue weighted by Crippen LogP contribution is -2.51. The van der Waals surface area contributed by atoms with Crippen molar-refractivity contribution in [3.63, 3.8) is 0 Å². The minimum atomic E-state index is -3.62. The number of rotatable bonds is 11. The molecule has 31 heavy (non-hydrogen) atoms. The summed E-state index contributed by atoms with van der Waals surface area (Å²) < 4.78 is 31.8. The number of benzene rings is 1. The van der Waals surface area contributed by atoms with E-state index < -0.39 is 10.0 Å². The van der Waals surface area contributed by atoms with Crippen LogP contribution in [0.5, 0.6) is 0 Å². The fraction of sp³-hybridized carbons (Fsp3) is 0.619. The Morgan fingerprint density at radius 2 is 1.81 bits per heavy atom. The van der Waals surface area contributed by atoms with Crippen LogP contribution in [0.4, 0.5) is 0 Å². The second kappa shape index (κ2) is 12.1. The minimum Gasteiger partial charge on any atom is -0.385 e. The molecule has 1 aliphatic heterocycles. The zero-order valence-electron chi connectivity index (χ0n) is 18.7. The SMILES string of the molecule is CCN(CC)S(=O)(=O)c1cccc(C(=O)N2CCN(CC(=O)NCCCOC)CC2)c1. The summed E-state index contributed by atoms with van der Waals surface area (Å²) >= 11 is 0. The lowest BCUT2D eigenvalue weighted by atomic mass is 10.2. The molecule has 9 nitrogen and oxygen atoms in total. The van der Waals surface area contributed by atoms with Crippen molar-refractivity contribution < 1.29 is 22.7 Å². The summed E-state index contributed by atoms with van der Waals surface area (Å²) in [5, 5.41) is 2.86. The number of amides is 2. The van der Waals surface area contributed by atoms with E-state index in [-0.39, 0.29) is 16.7 Å². The molecule has 0 atom stereocenters. The van der Waals surface area contributed by atoms with Gasteiger partial charge >= 0.3 is 0 Å². The highest BCUT2D eigenvalue weighted by molar-refractivity contribution is 7.89. The van der Waals surface area contributed by atoms with Crippen molar-refractivity contribution in [3.05, 3.63) is 29.8 Å². The molecule has 1 heterocycles. The molecule has 174 valence electrons. The monoisotopic (exact) mass is 454 g/mol. The van der Waals surface area contributed by atoms with Gasteiger partial charge in [0.15, 0.2) is 0 Å². The standard InChI is InChI=1S/C21H34N4O5S/c1-4-25(5-2)31(28,29)19-9-6-8-18(16-19)21(27)24-13-11-23(12-14-24)17-20(26)22-10-7-15-30-3/h6,8-9,16H,4-5,7,10-15,17H2,1-3H3,(H,22,26). The lowest BCUT2D eigenvalue weighted by molar-refractivity contribution is -0.122. The molecule has 1 aliphatic rings. The van der Waals surface area contributed by atoms with Crippen LogP contribution >= 0.6 is 0 Å². The third-order valence-corrected chi connectivity index (χ3v) is 7.34. The fourth-order valence-corrected chi connectivity index (χ4v) is 5.00. The fourth-order valence-electron chi connectivity index (χ4n) is 3.50.